The average Bonchev–Trinajstić information content (AvgIpc) is 2.71. The van der Waals surface area contributed by atoms with Gasteiger partial charge in [0.1, 0.15) is 5.60 Å². The minimum Gasteiger partial charge on any atom is -0.428 e. The molecule has 0 aliphatic carbocycles. The zero-order chi connectivity index (χ0) is 26.4. The first-order valence-electron chi connectivity index (χ1n) is 11.2. The third-order valence-corrected chi connectivity index (χ3v) is 6.19. The quantitative estimate of drug-likeness (QED) is 0.396. The van der Waals surface area contributed by atoms with Gasteiger partial charge in [-0.15, -0.1) is 0 Å². The lowest BCUT2D eigenvalue weighted by molar-refractivity contribution is -0.00373. The van der Waals surface area contributed by atoms with E-state index in [9.17, 15) is 23.1 Å². The van der Waals surface area contributed by atoms with E-state index in [0.29, 0.717) is 11.3 Å². The summed E-state index contributed by atoms with van der Waals surface area (Å²) in [7, 11) is -3.78. The maximum Gasteiger partial charge on any atom is 0.517 e. The molecule has 1 amide bonds. The fourth-order valence-electron chi connectivity index (χ4n) is 3.14. The Hall–Kier alpha value is -3.11. The summed E-state index contributed by atoms with van der Waals surface area (Å²) in [6.07, 6.45) is -2.87. The molecule has 2 aromatic carbocycles. The zero-order valence-electron chi connectivity index (χ0n) is 20.9. The molecular formula is C25H34N2O7S. The Morgan fingerprint density at radius 2 is 1.63 bits per heavy atom. The number of sulfonamides is 1. The molecule has 1 unspecified atom stereocenters. The number of ether oxygens (including phenoxy) is 2. The lowest BCUT2D eigenvalue weighted by Gasteiger charge is -2.35. The van der Waals surface area contributed by atoms with Crippen LogP contribution in [-0.2, 0) is 19.5 Å². The van der Waals surface area contributed by atoms with Crippen molar-refractivity contribution < 1.29 is 32.6 Å². The van der Waals surface area contributed by atoms with E-state index < -0.39 is 39.5 Å². The third kappa shape index (κ3) is 8.88. The van der Waals surface area contributed by atoms with Crippen LogP contribution in [0.4, 0.5) is 15.3 Å². The summed E-state index contributed by atoms with van der Waals surface area (Å²) in [5.41, 5.74) is -0.755. The first-order chi connectivity index (χ1) is 16.1. The Labute approximate surface area is 207 Å². The summed E-state index contributed by atoms with van der Waals surface area (Å²) in [6, 6.07) is 14.3. The number of anilines is 1. The molecule has 2 rings (SSSR count). The van der Waals surface area contributed by atoms with Crippen LogP contribution in [-0.4, -0.2) is 48.4 Å². The van der Waals surface area contributed by atoms with Gasteiger partial charge in [-0.25, -0.2) is 18.0 Å². The number of carbonyl (C=O) groups is 2. The van der Waals surface area contributed by atoms with Crippen molar-refractivity contribution in [3.05, 3.63) is 60.2 Å². The van der Waals surface area contributed by atoms with Crippen molar-refractivity contribution in [2.24, 2.45) is 0 Å². The molecule has 0 saturated heterocycles. The van der Waals surface area contributed by atoms with Gasteiger partial charge in [0.15, 0.2) is 0 Å². The van der Waals surface area contributed by atoms with Gasteiger partial charge < -0.3 is 19.5 Å². The second-order valence-electron chi connectivity index (χ2n) is 10.0. The van der Waals surface area contributed by atoms with Crippen LogP contribution in [0, 0.1) is 0 Å². The number of nitrogens with zero attached hydrogens (tertiary/aromatic N) is 1. The molecule has 9 nitrogen and oxygen atoms in total. The van der Waals surface area contributed by atoms with Crippen LogP contribution >= 0.6 is 0 Å². The lowest BCUT2D eigenvalue weighted by atomic mass is 10.0. The Bertz CT molecular complexity index is 1120. The highest BCUT2D eigenvalue weighted by atomic mass is 32.2. The van der Waals surface area contributed by atoms with Crippen LogP contribution in [0.15, 0.2) is 59.5 Å². The molecule has 35 heavy (non-hydrogen) atoms. The van der Waals surface area contributed by atoms with Gasteiger partial charge in [-0.1, -0.05) is 30.3 Å². The molecule has 2 N–H and O–H groups in total. The van der Waals surface area contributed by atoms with Crippen molar-refractivity contribution in [3.63, 3.8) is 0 Å². The fourth-order valence-corrected chi connectivity index (χ4v) is 4.21. The van der Waals surface area contributed by atoms with Gasteiger partial charge >= 0.3 is 12.2 Å². The van der Waals surface area contributed by atoms with Crippen molar-refractivity contribution >= 4 is 28.0 Å². The summed E-state index contributed by atoms with van der Waals surface area (Å²) < 4.78 is 37.6. The van der Waals surface area contributed by atoms with E-state index in [1.165, 1.54) is 23.1 Å². The maximum absolute atomic E-state index is 12.6. The van der Waals surface area contributed by atoms with E-state index in [4.69, 9.17) is 9.47 Å². The van der Waals surface area contributed by atoms with Crippen molar-refractivity contribution in [2.75, 3.05) is 11.3 Å². The summed E-state index contributed by atoms with van der Waals surface area (Å²) in [5, 5.41) is 10.7. The van der Waals surface area contributed by atoms with Crippen molar-refractivity contribution in [1.82, 2.24) is 4.90 Å². The summed E-state index contributed by atoms with van der Waals surface area (Å²) in [6.45, 7) is 10.4. The number of carbonyl (C=O) groups excluding carboxylic acids is 2. The number of aliphatic hydroxyl groups is 1. The molecule has 0 bridgehead atoms. The Morgan fingerprint density at radius 1 is 1.00 bits per heavy atom. The van der Waals surface area contributed by atoms with Gasteiger partial charge in [-0.2, -0.15) is 0 Å². The Kier molecular flexibility index (Phi) is 8.91. The molecule has 2 aromatic rings. The van der Waals surface area contributed by atoms with Gasteiger partial charge in [0.05, 0.1) is 11.0 Å². The SMILES string of the molecule is CC(C)(C)OC(=O)OC(=O)N(CCC(O)c1cccc(NS(=O)(=O)c2ccccc2)c1)C(C)(C)C. The second kappa shape index (κ2) is 11.1. The average molecular weight is 507 g/mol. The molecule has 1 atom stereocenters. The van der Waals surface area contributed by atoms with Crippen molar-refractivity contribution in [2.45, 2.75) is 70.1 Å². The van der Waals surface area contributed by atoms with Crippen LogP contribution < -0.4 is 4.72 Å². The van der Waals surface area contributed by atoms with Gasteiger partial charge in [0, 0.05) is 17.8 Å². The number of hydrogen-bond donors (Lipinski definition) is 2. The van der Waals surface area contributed by atoms with Crippen LogP contribution in [0.3, 0.4) is 0 Å². The number of nitrogens with one attached hydrogen (secondary N) is 1. The van der Waals surface area contributed by atoms with E-state index in [1.807, 2.05) is 0 Å². The highest BCUT2D eigenvalue weighted by Crippen LogP contribution is 2.25. The van der Waals surface area contributed by atoms with E-state index >= 15 is 0 Å². The molecule has 0 aliphatic rings. The van der Waals surface area contributed by atoms with E-state index in [0.717, 1.165) is 0 Å². The van der Waals surface area contributed by atoms with Gasteiger partial charge in [-0.3, -0.25) is 4.72 Å². The van der Waals surface area contributed by atoms with Crippen LogP contribution in [0.1, 0.15) is 59.6 Å². The molecule has 192 valence electrons. The van der Waals surface area contributed by atoms with Crippen LogP contribution in [0.25, 0.3) is 0 Å². The predicted octanol–water partition coefficient (Wildman–Crippen LogP) is 5.08. The highest BCUT2D eigenvalue weighted by molar-refractivity contribution is 7.92. The summed E-state index contributed by atoms with van der Waals surface area (Å²) >= 11 is 0. The molecule has 0 spiro atoms. The summed E-state index contributed by atoms with van der Waals surface area (Å²) in [4.78, 5) is 26.0. The van der Waals surface area contributed by atoms with Crippen molar-refractivity contribution in [3.8, 4) is 0 Å². The molecule has 0 heterocycles. The normalized spacial score (nSPS) is 13.0. The number of aliphatic hydroxyl groups excluding tert-OH is 1. The molecule has 10 heteroatoms. The standard InChI is InChI=1S/C25H34N2O7S/c1-24(2,3)27(22(29)33-23(30)34-25(4,5)6)16-15-21(28)18-11-10-12-19(17-18)26-35(31,32)20-13-8-7-9-14-20/h7-14,17,21,26,28H,15-16H2,1-6H3. The van der Waals surface area contributed by atoms with E-state index in [1.54, 1.807) is 77.9 Å². The number of amides is 1. The molecule has 0 aromatic heterocycles. The molecule has 0 aliphatic heterocycles. The maximum atomic E-state index is 12.6. The largest absolute Gasteiger partial charge is 0.517 e. The number of rotatable bonds is 7. The lowest BCUT2D eigenvalue weighted by Crippen LogP contribution is -2.47. The monoisotopic (exact) mass is 506 g/mol. The minimum absolute atomic E-state index is 0.0757. The topological polar surface area (TPSA) is 122 Å². The number of hydrogen-bond acceptors (Lipinski definition) is 7. The molecular weight excluding hydrogens is 472 g/mol. The summed E-state index contributed by atoms with van der Waals surface area (Å²) in [5.74, 6) is 0. The zero-order valence-corrected chi connectivity index (χ0v) is 21.8. The van der Waals surface area contributed by atoms with E-state index in [2.05, 4.69) is 4.72 Å². The van der Waals surface area contributed by atoms with Crippen LogP contribution in [0.5, 0.6) is 0 Å². The second-order valence-corrected chi connectivity index (χ2v) is 11.7. The minimum atomic E-state index is -3.78. The Balaban J connectivity index is 2.08. The molecule has 0 radical (unpaired) electrons. The van der Waals surface area contributed by atoms with Crippen LogP contribution in [0.2, 0.25) is 0 Å². The first kappa shape index (κ1) is 28.1. The van der Waals surface area contributed by atoms with Crippen molar-refractivity contribution in [1.29, 1.82) is 0 Å². The highest BCUT2D eigenvalue weighted by Gasteiger charge is 2.31. The Morgan fingerprint density at radius 3 is 2.20 bits per heavy atom. The molecule has 0 saturated carbocycles. The van der Waals surface area contributed by atoms with E-state index in [-0.39, 0.29) is 17.9 Å². The van der Waals surface area contributed by atoms with Gasteiger partial charge in [0.2, 0.25) is 0 Å². The first-order valence-corrected chi connectivity index (χ1v) is 12.7. The predicted molar refractivity (Wildman–Crippen MR) is 132 cm³/mol. The molecule has 0 fully saturated rings. The number of benzene rings is 2. The van der Waals surface area contributed by atoms with Gasteiger partial charge in [0.25, 0.3) is 10.0 Å². The third-order valence-electron chi connectivity index (χ3n) is 4.79. The fraction of sp³-hybridized carbons (Fsp3) is 0.440. The van der Waals surface area contributed by atoms with Gasteiger partial charge in [-0.05, 0) is 77.8 Å². The smallest absolute Gasteiger partial charge is 0.428 e.